The lowest BCUT2D eigenvalue weighted by Crippen LogP contribution is -2.02. The summed E-state index contributed by atoms with van der Waals surface area (Å²) in [5.41, 5.74) is 5.44. The van der Waals surface area contributed by atoms with Gasteiger partial charge in [-0.1, -0.05) is 17.3 Å². The van der Waals surface area contributed by atoms with Crippen LogP contribution >= 0.6 is 0 Å². The first kappa shape index (κ1) is 13.9. The first-order valence-electron chi connectivity index (χ1n) is 7.97. The molecule has 23 heavy (non-hydrogen) atoms. The van der Waals surface area contributed by atoms with E-state index in [0.717, 1.165) is 35.2 Å². The Morgan fingerprint density at radius 3 is 2.83 bits per heavy atom. The third-order valence-corrected chi connectivity index (χ3v) is 4.11. The van der Waals surface area contributed by atoms with Crippen molar-refractivity contribution in [2.45, 2.75) is 32.7 Å². The smallest absolute Gasteiger partial charge is 0.136 e. The normalized spacial score (nSPS) is 11.8. The molecule has 0 spiro atoms. The van der Waals surface area contributed by atoms with Crippen LogP contribution in [0, 0.1) is 0 Å². The van der Waals surface area contributed by atoms with Crippen LogP contribution in [0.4, 0.5) is 0 Å². The standard InChI is InChI=1S/C18H19N5/c1-13(2)23-17-9-7-14(11-16(17)20-21-23)6-8-15-12-22-10-4-3-5-18(22)19-15/h3-5,7,9-13H,6,8H2,1-2H3. The Morgan fingerprint density at radius 2 is 2.00 bits per heavy atom. The molecule has 0 aliphatic rings. The minimum Gasteiger partial charge on any atom is -0.307 e. The molecule has 0 bridgehead atoms. The highest BCUT2D eigenvalue weighted by molar-refractivity contribution is 5.75. The Kier molecular flexibility index (Phi) is 3.33. The van der Waals surface area contributed by atoms with Crippen LogP contribution in [0.15, 0.2) is 48.8 Å². The summed E-state index contributed by atoms with van der Waals surface area (Å²) in [6, 6.07) is 12.8. The van der Waals surface area contributed by atoms with Gasteiger partial charge in [-0.2, -0.15) is 0 Å². The molecule has 0 saturated carbocycles. The van der Waals surface area contributed by atoms with E-state index in [1.165, 1.54) is 5.56 Å². The first-order chi connectivity index (χ1) is 11.2. The van der Waals surface area contributed by atoms with Gasteiger partial charge in [0.2, 0.25) is 0 Å². The van der Waals surface area contributed by atoms with Crippen molar-refractivity contribution in [3.63, 3.8) is 0 Å². The molecule has 5 nitrogen and oxygen atoms in total. The topological polar surface area (TPSA) is 48.0 Å². The molecule has 0 atom stereocenters. The van der Waals surface area contributed by atoms with Crippen molar-refractivity contribution < 1.29 is 0 Å². The lowest BCUT2D eigenvalue weighted by molar-refractivity contribution is 0.530. The van der Waals surface area contributed by atoms with Gasteiger partial charge in [0.05, 0.1) is 11.2 Å². The number of aromatic nitrogens is 5. The van der Waals surface area contributed by atoms with Gasteiger partial charge in [0.15, 0.2) is 0 Å². The molecule has 3 aromatic heterocycles. The Bertz CT molecular complexity index is 931. The van der Waals surface area contributed by atoms with Gasteiger partial charge >= 0.3 is 0 Å². The van der Waals surface area contributed by atoms with Crippen LogP contribution in [-0.2, 0) is 12.8 Å². The van der Waals surface area contributed by atoms with Crippen molar-refractivity contribution in [2.75, 3.05) is 0 Å². The number of fused-ring (bicyclic) bond motifs is 2. The van der Waals surface area contributed by atoms with E-state index in [9.17, 15) is 0 Å². The quantitative estimate of drug-likeness (QED) is 0.580. The molecule has 0 saturated heterocycles. The Morgan fingerprint density at radius 1 is 1.09 bits per heavy atom. The van der Waals surface area contributed by atoms with Crippen molar-refractivity contribution in [3.05, 3.63) is 60.0 Å². The molecule has 0 N–H and O–H groups in total. The maximum Gasteiger partial charge on any atom is 0.136 e. The van der Waals surface area contributed by atoms with Crippen LogP contribution in [0.5, 0.6) is 0 Å². The number of nitrogens with zero attached hydrogens (tertiary/aromatic N) is 5. The number of rotatable bonds is 4. The fourth-order valence-electron chi connectivity index (χ4n) is 2.90. The minimum absolute atomic E-state index is 0.323. The van der Waals surface area contributed by atoms with E-state index in [2.05, 4.69) is 57.9 Å². The van der Waals surface area contributed by atoms with E-state index in [-0.39, 0.29) is 0 Å². The monoisotopic (exact) mass is 305 g/mol. The molecular formula is C18H19N5. The SMILES string of the molecule is CC(C)n1nnc2cc(CCc3cn4ccccc4n3)ccc21. The molecule has 0 aliphatic heterocycles. The minimum atomic E-state index is 0.323. The summed E-state index contributed by atoms with van der Waals surface area (Å²) in [5, 5.41) is 8.52. The largest absolute Gasteiger partial charge is 0.307 e. The number of aryl methyl sites for hydroxylation is 2. The highest BCUT2D eigenvalue weighted by Crippen LogP contribution is 2.18. The van der Waals surface area contributed by atoms with Crippen LogP contribution < -0.4 is 0 Å². The molecule has 0 aliphatic carbocycles. The fraction of sp³-hybridized carbons (Fsp3) is 0.278. The highest BCUT2D eigenvalue weighted by Gasteiger charge is 2.08. The summed E-state index contributed by atoms with van der Waals surface area (Å²) >= 11 is 0. The van der Waals surface area contributed by atoms with Crippen LogP contribution in [-0.4, -0.2) is 24.4 Å². The number of hydrogen-bond acceptors (Lipinski definition) is 3. The van der Waals surface area contributed by atoms with Crippen molar-refractivity contribution in [2.24, 2.45) is 0 Å². The zero-order chi connectivity index (χ0) is 15.8. The van der Waals surface area contributed by atoms with Gasteiger partial charge in [-0.15, -0.1) is 5.10 Å². The predicted octanol–water partition coefficient (Wildman–Crippen LogP) is 3.45. The van der Waals surface area contributed by atoms with E-state index < -0.39 is 0 Å². The zero-order valence-electron chi connectivity index (χ0n) is 13.3. The summed E-state index contributed by atoms with van der Waals surface area (Å²) < 4.78 is 4.02. The van der Waals surface area contributed by atoms with Gasteiger partial charge in [0.25, 0.3) is 0 Å². The van der Waals surface area contributed by atoms with E-state index in [1.54, 1.807) is 0 Å². The second kappa shape index (κ2) is 5.50. The molecule has 0 fully saturated rings. The van der Waals surface area contributed by atoms with Crippen LogP contribution in [0.1, 0.15) is 31.1 Å². The Balaban J connectivity index is 1.55. The molecular weight excluding hydrogens is 286 g/mol. The second-order valence-electron chi connectivity index (χ2n) is 6.15. The van der Waals surface area contributed by atoms with Gasteiger partial charge in [0, 0.05) is 18.4 Å². The zero-order valence-corrected chi connectivity index (χ0v) is 13.3. The summed E-state index contributed by atoms with van der Waals surface area (Å²) in [6.07, 6.45) is 6.00. The molecule has 0 radical (unpaired) electrons. The molecule has 3 heterocycles. The van der Waals surface area contributed by atoms with Gasteiger partial charge in [-0.25, -0.2) is 9.67 Å². The molecule has 1 aromatic carbocycles. The average Bonchev–Trinajstić information content (AvgIpc) is 3.15. The van der Waals surface area contributed by atoms with E-state index in [4.69, 9.17) is 0 Å². The van der Waals surface area contributed by atoms with Gasteiger partial charge in [0.1, 0.15) is 11.2 Å². The van der Waals surface area contributed by atoms with Gasteiger partial charge in [-0.05, 0) is 56.5 Å². The number of imidazole rings is 1. The van der Waals surface area contributed by atoms with Crippen molar-refractivity contribution >= 4 is 16.7 Å². The van der Waals surface area contributed by atoms with Crippen molar-refractivity contribution in [1.82, 2.24) is 24.4 Å². The number of pyridine rings is 1. The molecule has 5 heteroatoms. The predicted molar refractivity (Wildman–Crippen MR) is 90.5 cm³/mol. The third-order valence-electron chi connectivity index (χ3n) is 4.11. The first-order valence-corrected chi connectivity index (χ1v) is 7.97. The van der Waals surface area contributed by atoms with E-state index in [0.29, 0.717) is 6.04 Å². The van der Waals surface area contributed by atoms with E-state index >= 15 is 0 Å². The molecule has 4 rings (SSSR count). The lowest BCUT2D eigenvalue weighted by atomic mass is 10.1. The highest BCUT2D eigenvalue weighted by atomic mass is 15.4. The van der Waals surface area contributed by atoms with Crippen LogP contribution in [0.2, 0.25) is 0 Å². The molecule has 0 amide bonds. The lowest BCUT2D eigenvalue weighted by Gasteiger charge is -2.05. The average molecular weight is 305 g/mol. The molecule has 0 unspecified atom stereocenters. The Hall–Kier alpha value is -2.69. The molecule has 116 valence electrons. The summed E-state index contributed by atoms with van der Waals surface area (Å²) in [7, 11) is 0. The Labute approximate surface area is 134 Å². The summed E-state index contributed by atoms with van der Waals surface area (Å²) in [6.45, 7) is 4.23. The summed E-state index contributed by atoms with van der Waals surface area (Å²) in [5.74, 6) is 0. The summed E-state index contributed by atoms with van der Waals surface area (Å²) in [4.78, 5) is 4.65. The van der Waals surface area contributed by atoms with Crippen molar-refractivity contribution in [3.8, 4) is 0 Å². The number of benzene rings is 1. The number of hydrogen-bond donors (Lipinski definition) is 0. The van der Waals surface area contributed by atoms with E-state index in [1.807, 2.05) is 29.1 Å². The van der Waals surface area contributed by atoms with Crippen molar-refractivity contribution in [1.29, 1.82) is 0 Å². The van der Waals surface area contributed by atoms with Crippen LogP contribution in [0.25, 0.3) is 16.7 Å². The maximum atomic E-state index is 4.65. The molecule has 4 aromatic rings. The maximum absolute atomic E-state index is 4.65. The third kappa shape index (κ3) is 2.59. The van der Waals surface area contributed by atoms with Crippen LogP contribution in [0.3, 0.4) is 0 Å². The second-order valence-corrected chi connectivity index (χ2v) is 6.15. The van der Waals surface area contributed by atoms with Gasteiger partial charge in [-0.3, -0.25) is 0 Å². The van der Waals surface area contributed by atoms with Gasteiger partial charge < -0.3 is 4.40 Å². The fourth-order valence-corrected chi connectivity index (χ4v) is 2.90.